The smallest absolute Gasteiger partial charge is 0.348 e. The number of carbonyl (C=O) groups excluding carboxylic acids is 1. The molecule has 0 unspecified atom stereocenters. The Labute approximate surface area is 140 Å². The Kier molecular flexibility index (Phi) is 4.45. The number of fused-ring (bicyclic) bond motifs is 1. The normalized spacial score (nSPS) is 10.9. The van der Waals surface area contributed by atoms with Crippen molar-refractivity contribution in [2.45, 2.75) is 13.3 Å². The van der Waals surface area contributed by atoms with Gasteiger partial charge in [-0.05, 0) is 30.7 Å². The minimum atomic E-state index is -0.439. The molecule has 3 aromatic rings. The molecule has 1 aromatic carbocycles. The van der Waals surface area contributed by atoms with E-state index < -0.39 is 5.97 Å². The van der Waals surface area contributed by atoms with Crippen LogP contribution < -0.4 is 5.56 Å². The average molecular weight is 349 g/mol. The number of thiophene rings is 1. The molecule has 0 saturated heterocycles. The van der Waals surface area contributed by atoms with E-state index in [1.54, 1.807) is 13.0 Å². The molecule has 2 heterocycles. The molecule has 0 radical (unpaired) electrons. The van der Waals surface area contributed by atoms with Crippen molar-refractivity contribution in [1.29, 1.82) is 0 Å². The first-order chi connectivity index (χ1) is 11.1. The van der Waals surface area contributed by atoms with E-state index in [2.05, 4.69) is 9.97 Å². The summed E-state index contributed by atoms with van der Waals surface area (Å²) in [5.74, 6) is 0.0910. The lowest BCUT2D eigenvalue weighted by atomic mass is 10.1. The van der Waals surface area contributed by atoms with Gasteiger partial charge in [0.15, 0.2) is 0 Å². The summed E-state index contributed by atoms with van der Waals surface area (Å²) < 4.78 is 4.95. The highest BCUT2D eigenvalue weighted by molar-refractivity contribution is 7.20. The molecule has 0 aliphatic rings. The maximum Gasteiger partial charge on any atom is 0.348 e. The molecule has 3 rings (SSSR count). The van der Waals surface area contributed by atoms with Gasteiger partial charge in [-0.1, -0.05) is 23.7 Å². The van der Waals surface area contributed by atoms with Crippen molar-refractivity contribution >= 4 is 39.1 Å². The third kappa shape index (κ3) is 3.43. The van der Waals surface area contributed by atoms with E-state index >= 15 is 0 Å². The second-order valence-corrected chi connectivity index (χ2v) is 6.34. The Balaban J connectivity index is 1.97. The van der Waals surface area contributed by atoms with Gasteiger partial charge in [0.2, 0.25) is 0 Å². The van der Waals surface area contributed by atoms with Crippen LogP contribution in [0.2, 0.25) is 5.02 Å². The minimum absolute atomic E-state index is 0.265. The van der Waals surface area contributed by atoms with Crippen LogP contribution in [0.25, 0.3) is 10.2 Å². The zero-order chi connectivity index (χ0) is 16.4. The highest BCUT2D eigenvalue weighted by Crippen LogP contribution is 2.22. The maximum atomic E-state index is 12.2. The third-order valence-corrected chi connectivity index (χ3v) is 4.43. The van der Waals surface area contributed by atoms with Gasteiger partial charge in [0.25, 0.3) is 5.56 Å². The van der Waals surface area contributed by atoms with Crippen LogP contribution in [0, 0.1) is 0 Å². The number of aromatic amines is 1. The number of esters is 1. The molecule has 0 saturated carbocycles. The van der Waals surface area contributed by atoms with E-state index in [4.69, 9.17) is 16.3 Å². The summed E-state index contributed by atoms with van der Waals surface area (Å²) >= 11 is 7.12. The Morgan fingerprint density at radius 3 is 2.96 bits per heavy atom. The SMILES string of the molecule is CCOC(=O)c1cc2c(=O)[nH]c(Cc3cccc(Cl)c3)nc2s1. The van der Waals surface area contributed by atoms with E-state index in [0.29, 0.717) is 32.4 Å². The van der Waals surface area contributed by atoms with Gasteiger partial charge < -0.3 is 9.72 Å². The first kappa shape index (κ1) is 15.7. The molecule has 0 aliphatic carbocycles. The molecule has 118 valence electrons. The number of rotatable bonds is 4. The van der Waals surface area contributed by atoms with Gasteiger partial charge in [0.1, 0.15) is 15.5 Å². The Hall–Kier alpha value is -2.18. The van der Waals surface area contributed by atoms with Crippen molar-refractivity contribution in [3.05, 3.63) is 62.0 Å². The van der Waals surface area contributed by atoms with Crippen LogP contribution in [0.1, 0.15) is 28.0 Å². The molecule has 0 aliphatic heterocycles. The van der Waals surface area contributed by atoms with Gasteiger partial charge in [0, 0.05) is 11.4 Å². The molecule has 0 bridgehead atoms. The van der Waals surface area contributed by atoms with Crippen LogP contribution in [0.15, 0.2) is 35.1 Å². The molecule has 7 heteroatoms. The third-order valence-electron chi connectivity index (χ3n) is 3.19. The van der Waals surface area contributed by atoms with Gasteiger partial charge in [-0.25, -0.2) is 9.78 Å². The van der Waals surface area contributed by atoms with Gasteiger partial charge in [0.05, 0.1) is 12.0 Å². The summed E-state index contributed by atoms with van der Waals surface area (Å²) in [6.45, 7) is 2.02. The summed E-state index contributed by atoms with van der Waals surface area (Å²) in [6, 6.07) is 8.89. The predicted molar refractivity (Wildman–Crippen MR) is 90.5 cm³/mol. The maximum absolute atomic E-state index is 12.2. The molecule has 0 fully saturated rings. The molecule has 0 atom stereocenters. The fourth-order valence-corrected chi connectivity index (χ4v) is 3.36. The van der Waals surface area contributed by atoms with E-state index in [9.17, 15) is 9.59 Å². The lowest BCUT2D eigenvalue weighted by Crippen LogP contribution is -2.11. The average Bonchev–Trinajstić information content (AvgIpc) is 2.92. The van der Waals surface area contributed by atoms with Crippen LogP contribution in [0.5, 0.6) is 0 Å². The summed E-state index contributed by atoms with van der Waals surface area (Å²) in [4.78, 5) is 32.0. The number of benzene rings is 1. The number of hydrogen-bond acceptors (Lipinski definition) is 5. The zero-order valence-electron chi connectivity index (χ0n) is 12.3. The second-order valence-electron chi connectivity index (χ2n) is 4.87. The molecule has 23 heavy (non-hydrogen) atoms. The van der Waals surface area contributed by atoms with Gasteiger partial charge >= 0.3 is 5.97 Å². The Morgan fingerprint density at radius 2 is 2.22 bits per heavy atom. The number of carbonyl (C=O) groups is 1. The molecule has 0 spiro atoms. The van der Waals surface area contributed by atoms with E-state index in [-0.39, 0.29) is 12.2 Å². The number of nitrogens with one attached hydrogen (secondary N) is 1. The zero-order valence-corrected chi connectivity index (χ0v) is 13.8. The van der Waals surface area contributed by atoms with E-state index in [1.807, 2.05) is 18.2 Å². The van der Waals surface area contributed by atoms with Gasteiger partial charge in [-0.3, -0.25) is 4.79 Å². The number of ether oxygens (including phenoxy) is 1. The molecule has 2 aromatic heterocycles. The van der Waals surface area contributed by atoms with Crippen molar-refractivity contribution in [2.75, 3.05) is 6.61 Å². The number of halogens is 1. The van der Waals surface area contributed by atoms with Gasteiger partial charge in [-0.2, -0.15) is 0 Å². The van der Waals surface area contributed by atoms with Crippen molar-refractivity contribution in [2.24, 2.45) is 0 Å². The molecule has 1 N–H and O–H groups in total. The molecular formula is C16H13ClN2O3S. The summed E-state index contributed by atoms with van der Waals surface area (Å²) in [6.07, 6.45) is 0.457. The first-order valence-corrected chi connectivity index (χ1v) is 8.20. The van der Waals surface area contributed by atoms with Crippen LogP contribution in [-0.2, 0) is 11.2 Å². The Bertz CT molecular complexity index is 932. The number of hydrogen-bond donors (Lipinski definition) is 1. The van der Waals surface area contributed by atoms with Crippen LogP contribution in [0.4, 0.5) is 0 Å². The fourth-order valence-electron chi connectivity index (χ4n) is 2.20. The Morgan fingerprint density at radius 1 is 1.39 bits per heavy atom. The van der Waals surface area contributed by atoms with E-state index in [1.165, 1.54) is 6.07 Å². The van der Waals surface area contributed by atoms with Crippen molar-refractivity contribution in [3.63, 3.8) is 0 Å². The highest BCUT2D eigenvalue weighted by atomic mass is 35.5. The molecule has 5 nitrogen and oxygen atoms in total. The largest absolute Gasteiger partial charge is 0.462 e. The predicted octanol–water partition coefficient (Wildman–Crippen LogP) is 3.41. The number of aromatic nitrogens is 2. The fraction of sp³-hybridized carbons (Fsp3) is 0.188. The van der Waals surface area contributed by atoms with Crippen molar-refractivity contribution < 1.29 is 9.53 Å². The quantitative estimate of drug-likeness (QED) is 0.733. The standard InChI is InChI=1S/C16H13ClN2O3S/c1-2-22-16(21)12-8-11-14(20)18-13(19-15(11)23-12)7-9-4-3-5-10(17)6-9/h3-6,8H,2,7H2,1H3,(H,18,19,20). The van der Waals surface area contributed by atoms with Crippen LogP contribution in [0.3, 0.4) is 0 Å². The number of nitrogens with zero attached hydrogens (tertiary/aromatic N) is 1. The first-order valence-electron chi connectivity index (χ1n) is 7.01. The monoisotopic (exact) mass is 348 g/mol. The van der Waals surface area contributed by atoms with Crippen molar-refractivity contribution in [3.8, 4) is 0 Å². The summed E-state index contributed by atoms with van der Waals surface area (Å²) in [5, 5.41) is 1.03. The summed E-state index contributed by atoms with van der Waals surface area (Å²) in [7, 11) is 0. The lowest BCUT2D eigenvalue weighted by molar-refractivity contribution is 0.0532. The van der Waals surface area contributed by atoms with E-state index in [0.717, 1.165) is 16.9 Å². The highest BCUT2D eigenvalue weighted by Gasteiger charge is 2.15. The van der Waals surface area contributed by atoms with Gasteiger partial charge in [-0.15, -0.1) is 11.3 Å². The molecular weight excluding hydrogens is 336 g/mol. The second kappa shape index (κ2) is 6.52. The minimum Gasteiger partial charge on any atom is -0.462 e. The number of H-pyrrole nitrogens is 1. The van der Waals surface area contributed by atoms with Crippen molar-refractivity contribution in [1.82, 2.24) is 9.97 Å². The van der Waals surface area contributed by atoms with Crippen LogP contribution in [-0.4, -0.2) is 22.5 Å². The molecule has 0 amide bonds. The summed E-state index contributed by atoms with van der Waals surface area (Å²) in [5.41, 5.74) is 0.681. The lowest BCUT2D eigenvalue weighted by Gasteiger charge is -2.02. The van der Waals surface area contributed by atoms with Crippen LogP contribution >= 0.6 is 22.9 Å². The topological polar surface area (TPSA) is 72.1 Å².